The van der Waals surface area contributed by atoms with Crippen LogP contribution < -0.4 is 10.3 Å². The summed E-state index contributed by atoms with van der Waals surface area (Å²) in [4.78, 5) is 30.1. The quantitative estimate of drug-likeness (QED) is 0.869. The van der Waals surface area contributed by atoms with Gasteiger partial charge in [0.15, 0.2) is 0 Å². The number of hydrogen-bond acceptors (Lipinski definition) is 3. The van der Waals surface area contributed by atoms with Gasteiger partial charge in [0.05, 0.1) is 6.54 Å². The maximum Gasteiger partial charge on any atom is 0.261 e. The molecule has 1 aliphatic heterocycles. The number of rotatable bonds is 1. The van der Waals surface area contributed by atoms with Crippen molar-refractivity contribution in [1.82, 2.24) is 9.88 Å². The Hall–Kier alpha value is -2.56. The lowest BCUT2D eigenvalue weighted by Gasteiger charge is -2.43. The van der Waals surface area contributed by atoms with Gasteiger partial charge in [-0.15, -0.1) is 0 Å². The molecule has 1 spiro atoms. The van der Waals surface area contributed by atoms with Gasteiger partial charge >= 0.3 is 0 Å². The Morgan fingerprint density at radius 1 is 1.24 bits per heavy atom. The van der Waals surface area contributed by atoms with E-state index < -0.39 is 0 Å². The summed E-state index contributed by atoms with van der Waals surface area (Å²) in [7, 11) is 0. The van der Waals surface area contributed by atoms with Crippen molar-refractivity contribution in [2.24, 2.45) is 0 Å². The molecule has 0 radical (unpaired) electrons. The lowest BCUT2D eigenvalue weighted by atomic mass is 9.79. The number of hydrogen-bond donors (Lipinski definition) is 1. The van der Waals surface area contributed by atoms with Crippen molar-refractivity contribution < 1.29 is 9.53 Å². The molecule has 1 aromatic carbocycles. The van der Waals surface area contributed by atoms with Gasteiger partial charge in [-0.2, -0.15) is 0 Å². The molecular weight excluding hydrogens is 316 g/mol. The second-order valence-electron chi connectivity index (χ2n) is 7.25. The van der Waals surface area contributed by atoms with Crippen LogP contribution in [0.15, 0.2) is 35.1 Å². The van der Waals surface area contributed by atoms with Crippen molar-refractivity contribution in [3.63, 3.8) is 0 Å². The molecule has 0 saturated heterocycles. The molecule has 25 heavy (non-hydrogen) atoms. The number of ether oxygens (including phenoxy) is 1. The van der Waals surface area contributed by atoms with Crippen molar-refractivity contribution in [1.29, 1.82) is 0 Å². The molecule has 1 aliphatic carbocycles. The minimum Gasteiger partial charge on any atom is -0.485 e. The number of carbonyl (C=O) groups excluding carboxylic acids is 1. The molecule has 1 fully saturated rings. The Labute approximate surface area is 146 Å². The average molecular weight is 338 g/mol. The smallest absolute Gasteiger partial charge is 0.261 e. The molecule has 5 nitrogen and oxygen atoms in total. The molecule has 2 aliphatic rings. The van der Waals surface area contributed by atoms with Crippen LogP contribution in [0.3, 0.4) is 0 Å². The molecule has 1 saturated carbocycles. The molecule has 0 bridgehead atoms. The van der Waals surface area contributed by atoms with E-state index in [9.17, 15) is 9.59 Å². The van der Waals surface area contributed by atoms with E-state index in [1.165, 1.54) is 0 Å². The zero-order valence-corrected chi connectivity index (χ0v) is 14.6. The van der Waals surface area contributed by atoms with Crippen LogP contribution in [0.1, 0.15) is 46.4 Å². The lowest BCUT2D eigenvalue weighted by Crippen LogP contribution is -2.52. The van der Waals surface area contributed by atoms with E-state index >= 15 is 0 Å². The highest BCUT2D eigenvalue weighted by atomic mass is 16.5. The standard InChI is InChI=1S/C20H22N2O3/c1-13-10-14(2)21-18(23)17(13)19(24)22-11-15-6-3-4-7-16(15)25-20(12-22)8-5-9-20/h3-4,6-7,10H,5,8-9,11-12H2,1-2H3,(H,21,23). The predicted octanol–water partition coefficient (Wildman–Crippen LogP) is 2.95. The van der Waals surface area contributed by atoms with E-state index in [0.717, 1.165) is 36.3 Å². The Bertz CT molecular complexity index is 896. The van der Waals surface area contributed by atoms with Gasteiger partial charge in [0.2, 0.25) is 0 Å². The summed E-state index contributed by atoms with van der Waals surface area (Å²) in [6.45, 7) is 4.62. The molecule has 4 rings (SSSR count). The van der Waals surface area contributed by atoms with Crippen molar-refractivity contribution in [2.45, 2.75) is 45.3 Å². The van der Waals surface area contributed by atoms with Crippen LogP contribution in [0, 0.1) is 13.8 Å². The topological polar surface area (TPSA) is 62.4 Å². The van der Waals surface area contributed by atoms with Crippen molar-refractivity contribution in [3.05, 3.63) is 63.1 Å². The SMILES string of the molecule is Cc1cc(C)c(C(=O)N2Cc3ccccc3OC3(CCC3)C2)c(=O)[nH]1. The summed E-state index contributed by atoms with van der Waals surface area (Å²) in [5.41, 5.74) is 2.07. The van der Waals surface area contributed by atoms with Crippen molar-refractivity contribution in [2.75, 3.05) is 6.54 Å². The van der Waals surface area contributed by atoms with Gasteiger partial charge in [-0.05, 0) is 50.8 Å². The number of aromatic amines is 1. The van der Waals surface area contributed by atoms with Gasteiger partial charge in [0.1, 0.15) is 16.9 Å². The first-order valence-corrected chi connectivity index (χ1v) is 8.74. The zero-order valence-electron chi connectivity index (χ0n) is 14.6. The summed E-state index contributed by atoms with van der Waals surface area (Å²) < 4.78 is 6.30. The Morgan fingerprint density at radius 2 is 2.00 bits per heavy atom. The fourth-order valence-corrected chi connectivity index (χ4v) is 3.86. The maximum atomic E-state index is 13.2. The first kappa shape index (κ1) is 15.9. The fraction of sp³-hybridized carbons (Fsp3) is 0.400. The molecule has 1 N–H and O–H groups in total. The van der Waals surface area contributed by atoms with E-state index in [2.05, 4.69) is 4.98 Å². The number of aromatic nitrogens is 1. The molecule has 130 valence electrons. The third-order valence-corrected chi connectivity index (χ3v) is 5.27. The zero-order chi connectivity index (χ0) is 17.6. The monoisotopic (exact) mass is 338 g/mol. The lowest BCUT2D eigenvalue weighted by molar-refractivity contribution is -0.0247. The van der Waals surface area contributed by atoms with E-state index in [4.69, 9.17) is 4.74 Å². The van der Waals surface area contributed by atoms with Crippen LogP contribution in [-0.2, 0) is 6.54 Å². The maximum absolute atomic E-state index is 13.2. The number of nitrogens with one attached hydrogen (secondary N) is 1. The summed E-state index contributed by atoms with van der Waals surface area (Å²) in [6.07, 6.45) is 2.98. The van der Waals surface area contributed by atoms with E-state index in [1.807, 2.05) is 44.2 Å². The number of fused-ring (bicyclic) bond motifs is 1. The second kappa shape index (κ2) is 5.76. The van der Waals surface area contributed by atoms with Gasteiger partial charge in [-0.3, -0.25) is 9.59 Å². The van der Waals surface area contributed by atoms with Gasteiger partial charge < -0.3 is 14.6 Å². The summed E-state index contributed by atoms with van der Waals surface area (Å²) in [6, 6.07) is 9.70. The van der Waals surface area contributed by atoms with Crippen LogP contribution in [0.5, 0.6) is 5.75 Å². The fourth-order valence-electron chi connectivity index (χ4n) is 3.86. The first-order chi connectivity index (χ1) is 12.0. The van der Waals surface area contributed by atoms with Crippen molar-refractivity contribution >= 4 is 5.91 Å². The van der Waals surface area contributed by atoms with Gasteiger partial charge in [-0.1, -0.05) is 18.2 Å². The van der Waals surface area contributed by atoms with Crippen LogP contribution in [0.25, 0.3) is 0 Å². The largest absolute Gasteiger partial charge is 0.485 e. The van der Waals surface area contributed by atoms with E-state index in [1.54, 1.807) is 4.90 Å². The predicted molar refractivity (Wildman–Crippen MR) is 94.9 cm³/mol. The van der Waals surface area contributed by atoms with Crippen LogP contribution >= 0.6 is 0 Å². The third kappa shape index (κ3) is 2.73. The summed E-state index contributed by atoms with van der Waals surface area (Å²) in [5, 5.41) is 0. The molecule has 0 unspecified atom stereocenters. The average Bonchev–Trinajstić information content (AvgIpc) is 2.70. The van der Waals surface area contributed by atoms with Crippen LogP contribution in [0.2, 0.25) is 0 Å². The number of benzene rings is 1. The minimum atomic E-state index is -0.316. The van der Waals surface area contributed by atoms with Gasteiger partial charge in [-0.25, -0.2) is 0 Å². The first-order valence-electron chi connectivity index (χ1n) is 8.74. The van der Waals surface area contributed by atoms with Gasteiger partial charge in [0.25, 0.3) is 11.5 Å². The number of para-hydroxylation sites is 1. The molecule has 1 amide bonds. The third-order valence-electron chi connectivity index (χ3n) is 5.27. The number of nitrogens with zero attached hydrogens (tertiary/aromatic N) is 1. The van der Waals surface area contributed by atoms with E-state index in [-0.39, 0.29) is 22.6 Å². The minimum absolute atomic E-state index is 0.217. The summed E-state index contributed by atoms with van der Waals surface area (Å²) in [5.74, 6) is 0.636. The molecule has 0 atom stereocenters. The number of pyridine rings is 1. The Morgan fingerprint density at radius 3 is 2.68 bits per heavy atom. The molecule has 2 heterocycles. The molecule has 2 aromatic rings. The molecule has 1 aromatic heterocycles. The van der Waals surface area contributed by atoms with Gasteiger partial charge in [0, 0.05) is 17.8 Å². The van der Waals surface area contributed by atoms with Crippen LogP contribution in [0.4, 0.5) is 0 Å². The number of carbonyl (C=O) groups is 1. The number of amides is 1. The normalized spacial score (nSPS) is 18.1. The summed E-state index contributed by atoms with van der Waals surface area (Å²) >= 11 is 0. The highest BCUT2D eigenvalue weighted by Crippen LogP contribution is 2.41. The van der Waals surface area contributed by atoms with Crippen LogP contribution in [-0.4, -0.2) is 27.9 Å². The highest BCUT2D eigenvalue weighted by molar-refractivity contribution is 5.95. The second-order valence-corrected chi connectivity index (χ2v) is 7.25. The molecule has 5 heteroatoms. The van der Waals surface area contributed by atoms with Crippen molar-refractivity contribution in [3.8, 4) is 5.75 Å². The Balaban J connectivity index is 1.74. The van der Waals surface area contributed by atoms with E-state index in [0.29, 0.717) is 18.7 Å². The number of aryl methyl sites for hydroxylation is 2. The molecular formula is C20H22N2O3. The number of H-pyrrole nitrogens is 1. The Kier molecular flexibility index (Phi) is 3.67. The highest BCUT2D eigenvalue weighted by Gasteiger charge is 2.44.